The minimum Gasteiger partial charge on any atom is -0.448 e. The summed E-state index contributed by atoms with van der Waals surface area (Å²) in [6, 6.07) is 0. The minimum atomic E-state index is 0.731. The first kappa shape index (κ1) is 13.6. The summed E-state index contributed by atoms with van der Waals surface area (Å²) in [5, 5.41) is 3.31. The van der Waals surface area contributed by atoms with E-state index in [1.54, 1.807) is 13.5 Å². The Bertz CT molecular complexity index is 332. The Hall–Kier alpha value is -0.870. The Morgan fingerprint density at radius 3 is 3.06 bits per heavy atom. The smallest absolute Gasteiger partial charge is 0.181 e. The highest BCUT2D eigenvalue weighted by Gasteiger charge is 2.16. The third-order valence-electron chi connectivity index (χ3n) is 3.76. The van der Waals surface area contributed by atoms with Gasteiger partial charge in [-0.05, 0) is 12.3 Å². The van der Waals surface area contributed by atoms with Crippen molar-refractivity contribution in [2.45, 2.75) is 45.1 Å². The standard InChI is InChI=1S/C14H24N2O2/c1-17-9-8-15-10-13-14(18-11-16-13)7-6-12-4-2-3-5-12/h11-12,15H,2-10H2,1H3. The molecule has 4 nitrogen and oxygen atoms in total. The number of oxazole rings is 1. The van der Waals surface area contributed by atoms with Crippen LogP contribution in [0, 0.1) is 5.92 Å². The lowest BCUT2D eigenvalue weighted by Gasteiger charge is -2.08. The van der Waals surface area contributed by atoms with Crippen LogP contribution in [0.4, 0.5) is 0 Å². The molecule has 1 aliphatic carbocycles. The van der Waals surface area contributed by atoms with Crippen molar-refractivity contribution in [2.24, 2.45) is 5.92 Å². The van der Waals surface area contributed by atoms with Crippen molar-refractivity contribution in [3.05, 3.63) is 17.8 Å². The highest BCUT2D eigenvalue weighted by Crippen LogP contribution is 2.29. The number of aromatic nitrogens is 1. The van der Waals surface area contributed by atoms with Crippen LogP contribution in [0.2, 0.25) is 0 Å². The fraction of sp³-hybridized carbons (Fsp3) is 0.786. The van der Waals surface area contributed by atoms with Crippen LogP contribution in [0.3, 0.4) is 0 Å². The molecule has 1 saturated carbocycles. The van der Waals surface area contributed by atoms with E-state index in [1.165, 1.54) is 32.1 Å². The Morgan fingerprint density at radius 1 is 1.44 bits per heavy atom. The maximum atomic E-state index is 5.50. The largest absolute Gasteiger partial charge is 0.448 e. The zero-order valence-electron chi connectivity index (χ0n) is 11.3. The van der Waals surface area contributed by atoms with Gasteiger partial charge >= 0.3 is 0 Å². The first-order chi connectivity index (χ1) is 8.90. The number of nitrogens with one attached hydrogen (secondary N) is 1. The predicted molar refractivity (Wildman–Crippen MR) is 70.4 cm³/mol. The highest BCUT2D eigenvalue weighted by molar-refractivity contribution is 5.07. The fourth-order valence-electron chi connectivity index (χ4n) is 2.66. The molecule has 1 aliphatic rings. The van der Waals surface area contributed by atoms with E-state index in [2.05, 4.69) is 10.3 Å². The number of aryl methyl sites for hydroxylation is 1. The van der Waals surface area contributed by atoms with E-state index >= 15 is 0 Å². The maximum absolute atomic E-state index is 5.50. The second-order valence-electron chi connectivity index (χ2n) is 5.08. The molecule has 0 atom stereocenters. The van der Waals surface area contributed by atoms with Crippen LogP contribution in [-0.4, -0.2) is 25.2 Å². The lowest BCUT2D eigenvalue weighted by molar-refractivity contribution is 0.199. The molecule has 0 aliphatic heterocycles. The SMILES string of the molecule is COCCNCc1ncoc1CCC1CCCC1. The number of nitrogens with zero attached hydrogens (tertiary/aromatic N) is 1. The van der Waals surface area contributed by atoms with Crippen molar-refractivity contribution in [3.63, 3.8) is 0 Å². The van der Waals surface area contributed by atoms with Crippen molar-refractivity contribution in [1.29, 1.82) is 0 Å². The number of hydrogen-bond acceptors (Lipinski definition) is 4. The van der Waals surface area contributed by atoms with E-state index in [9.17, 15) is 0 Å². The molecular weight excluding hydrogens is 228 g/mol. The van der Waals surface area contributed by atoms with Crippen LogP contribution in [-0.2, 0) is 17.7 Å². The summed E-state index contributed by atoms with van der Waals surface area (Å²) in [7, 11) is 1.71. The summed E-state index contributed by atoms with van der Waals surface area (Å²) in [5.74, 6) is 1.97. The van der Waals surface area contributed by atoms with Crippen LogP contribution >= 0.6 is 0 Å². The van der Waals surface area contributed by atoms with Crippen molar-refractivity contribution in [3.8, 4) is 0 Å². The third kappa shape index (κ3) is 4.10. The second kappa shape index (κ2) is 7.54. The van der Waals surface area contributed by atoms with Crippen LogP contribution < -0.4 is 5.32 Å². The van der Waals surface area contributed by atoms with Gasteiger partial charge in [0.05, 0.1) is 12.3 Å². The van der Waals surface area contributed by atoms with Crippen molar-refractivity contribution in [1.82, 2.24) is 10.3 Å². The van der Waals surface area contributed by atoms with Crippen molar-refractivity contribution < 1.29 is 9.15 Å². The van der Waals surface area contributed by atoms with E-state index in [0.29, 0.717) is 0 Å². The molecule has 0 spiro atoms. The average Bonchev–Trinajstić information content (AvgIpc) is 3.03. The van der Waals surface area contributed by atoms with Crippen LogP contribution in [0.5, 0.6) is 0 Å². The second-order valence-corrected chi connectivity index (χ2v) is 5.08. The van der Waals surface area contributed by atoms with E-state index in [4.69, 9.17) is 9.15 Å². The Labute approximate surface area is 109 Å². The molecule has 0 bridgehead atoms. The summed E-state index contributed by atoms with van der Waals surface area (Å²) in [4.78, 5) is 4.29. The summed E-state index contributed by atoms with van der Waals surface area (Å²) < 4.78 is 10.5. The van der Waals surface area contributed by atoms with E-state index in [1.807, 2.05) is 0 Å². The number of hydrogen-bond donors (Lipinski definition) is 1. The lowest BCUT2D eigenvalue weighted by Crippen LogP contribution is -2.19. The van der Waals surface area contributed by atoms with Crippen molar-refractivity contribution >= 4 is 0 Å². The first-order valence-corrected chi connectivity index (χ1v) is 7.01. The molecule has 0 aromatic carbocycles. The number of rotatable bonds is 8. The van der Waals surface area contributed by atoms with Gasteiger partial charge in [-0.25, -0.2) is 4.98 Å². The molecule has 2 rings (SSSR count). The van der Waals surface area contributed by atoms with E-state index in [-0.39, 0.29) is 0 Å². The van der Waals surface area contributed by atoms with Crippen LogP contribution in [0.25, 0.3) is 0 Å². The van der Waals surface area contributed by atoms with Crippen LogP contribution in [0.15, 0.2) is 10.8 Å². The van der Waals surface area contributed by atoms with Gasteiger partial charge in [-0.15, -0.1) is 0 Å². The maximum Gasteiger partial charge on any atom is 0.181 e. The van der Waals surface area contributed by atoms with Gasteiger partial charge in [0, 0.05) is 26.6 Å². The Kier molecular flexibility index (Phi) is 5.68. The number of methoxy groups -OCH3 is 1. The van der Waals surface area contributed by atoms with Gasteiger partial charge in [0.15, 0.2) is 6.39 Å². The van der Waals surface area contributed by atoms with Crippen LogP contribution in [0.1, 0.15) is 43.6 Å². The van der Waals surface area contributed by atoms with Gasteiger partial charge in [0.1, 0.15) is 5.76 Å². The van der Waals surface area contributed by atoms with E-state index in [0.717, 1.165) is 43.5 Å². The van der Waals surface area contributed by atoms with Gasteiger partial charge in [-0.2, -0.15) is 0 Å². The third-order valence-corrected chi connectivity index (χ3v) is 3.76. The number of ether oxygens (including phenoxy) is 1. The van der Waals surface area contributed by atoms with Gasteiger partial charge in [0.25, 0.3) is 0 Å². The molecule has 1 N–H and O–H groups in total. The average molecular weight is 252 g/mol. The summed E-state index contributed by atoms with van der Waals surface area (Å²) in [6.07, 6.45) is 9.47. The quantitative estimate of drug-likeness (QED) is 0.722. The highest BCUT2D eigenvalue weighted by atomic mass is 16.5. The molecule has 4 heteroatoms. The molecule has 1 fully saturated rings. The molecule has 18 heavy (non-hydrogen) atoms. The predicted octanol–water partition coefficient (Wildman–Crippen LogP) is 2.53. The summed E-state index contributed by atoms with van der Waals surface area (Å²) in [5.41, 5.74) is 1.06. The Morgan fingerprint density at radius 2 is 2.28 bits per heavy atom. The molecule has 1 aromatic rings. The van der Waals surface area contributed by atoms with Gasteiger partial charge in [-0.3, -0.25) is 0 Å². The van der Waals surface area contributed by atoms with Gasteiger partial charge in [-0.1, -0.05) is 25.7 Å². The van der Waals surface area contributed by atoms with Gasteiger partial charge in [0.2, 0.25) is 0 Å². The normalized spacial score (nSPS) is 16.5. The lowest BCUT2D eigenvalue weighted by atomic mass is 10.0. The Balaban J connectivity index is 1.72. The molecular formula is C14H24N2O2. The van der Waals surface area contributed by atoms with Gasteiger partial charge < -0.3 is 14.5 Å². The topological polar surface area (TPSA) is 47.3 Å². The zero-order valence-corrected chi connectivity index (χ0v) is 11.3. The molecule has 1 heterocycles. The fourth-order valence-corrected chi connectivity index (χ4v) is 2.66. The summed E-state index contributed by atoms with van der Waals surface area (Å²) >= 11 is 0. The van der Waals surface area contributed by atoms with E-state index < -0.39 is 0 Å². The van der Waals surface area contributed by atoms with Crippen molar-refractivity contribution in [2.75, 3.05) is 20.3 Å². The summed E-state index contributed by atoms with van der Waals surface area (Å²) in [6.45, 7) is 2.36. The minimum absolute atomic E-state index is 0.731. The molecule has 0 unspecified atom stereocenters. The molecule has 1 aromatic heterocycles. The zero-order chi connectivity index (χ0) is 12.6. The molecule has 102 valence electrons. The first-order valence-electron chi connectivity index (χ1n) is 7.01. The molecule has 0 radical (unpaired) electrons. The monoisotopic (exact) mass is 252 g/mol. The molecule has 0 amide bonds. The molecule has 0 saturated heterocycles.